The lowest BCUT2D eigenvalue weighted by Crippen LogP contribution is -2.64. The highest BCUT2D eigenvalue weighted by Gasteiger charge is 2.51. The quantitative estimate of drug-likeness (QED) is 0.214. The first kappa shape index (κ1) is 43.6. The molecule has 0 N–H and O–H groups in total. The van der Waals surface area contributed by atoms with Gasteiger partial charge in [0.2, 0.25) is 11.8 Å². The first-order valence-corrected chi connectivity index (χ1v) is 19.9. The second kappa shape index (κ2) is 14.8. The van der Waals surface area contributed by atoms with Gasteiger partial charge in [-0.25, -0.2) is 0 Å². The van der Waals surface area contributed by atoms with Crippen LogP contribution in [0.1, 0.15) is 179 Å². The second-order valence-electron chi connectivity index (χ2n) is 20.9. The van der Waals surface area contributed by atoms with Crippen LogP contribution < -0.4 is 0 Å². The Hall–Kier alpha value is -2.76. The van der Waals surface area contributed by atoms with Crippen molar-refractivity contribution in [3.63, 3.8) is 0 Å². The van der Waals surface area contributed by atoms with E-state index in [1.54, 1.807) is 13.8 Å². The molecule has 0 bridgehead atoms. The minimum Gasteiger partial charge on any atom is -0.494 e. The van der Waals surface area contributed by atoms with E-state index in [4.69, 9.17) is 22.6 Å². The molecular weight excluding hydrogens is 645 g/mol. The topological polar surface area (TPSA) is 59.1 Å². The van der Waals surface area contributed by atoms with Crippen LogP contribution in [0.2, 0.25) is 0 Å². The molecule has 294 valence electrons. The van der Waals surface area contributed by atoms with Gasteiger partial charge in [-0.2, -0.15) is 0 Å². The summed E-state index contributed by atoms with van der Waals surface area (Å²) in [5.74, 6) is 1.55. The van der Waals surface area contributed by atoms with Crippen LogP contribution in [-0.2, 0) is 36.3 Å². The third-order valence-electron chi connectivity index (χ3n) is 11.8. The van der Waals surface area contributed by atoms with Gasteiger partial charge in [0.25, 0.3) is 0 Å². The fourth-order valence-corrected chi connectivity index (χ4v) is 10.1. The predicted octanol–water partition coefficient (Wildman–Crippen LogP) is 11.2. The number of nitrogens with zero attached hydrogens (tertiary/aromatic N) is 2. The monoisotopic (exact) mass is 721 g/mol. The molecule has 0 unspecified atom stereocenters. The summed E-state index contributed by atoms with van der Waals surface area (Å²) in [5, 5.41) is 0. The normalized spacial score (nSPS) is 20.7. The van der Waals surface area contributed by atoms with E-state index in [9.17, 15) is 9.59 Å². The maximum Gasteiger partial charge on any atom is 0.220 e. The lowest BCUT2D eigenvalue weighted by atomic mass is 9.71. The highest BCUT2D eigenvalue weighted by Crippen LogP contribution is 2.50. The number of amides is 2. The van der Waals surface area contributed by atoms with Gasteiger partial charge >= 0.3 is 0 Å². The zero-order valence-electron chi connectivity index (χ0n) is 36.5. The summed E-state index contributed by atoms with van der Waals surface area (Å²) in [6.45, 7) is 45.9. The Labute approximate surface area is 319 Å². The molecule has 2 heterocycles. The number of unbranched alkanes of at least 4 members (excludes halogenated alkanes) is 1. The molecule has 0 radical (unpaired) electrons. The van der Waals surface area contributed by atoms with E-state index in [1.165, 1.54) is 16.7 Å². The first-order valence-electron chi connectivity index (χ1n) is 19.9. The largest absolute Gasteiger partial charge is 0.494 e. The summed E-state index contributed by atoms with van der Waals surface area (Å²) in [7, 11) is 0. The number of ether oxygens (including phenoxy) is 2. The fourth-order valence-electron chi connectivity index (χ4n) is 10.1. The number of hydrogen-bond acceptors (Lipinski definition) is 4. The van der Waals surface area contributed by atoms with Crippen molar-refractivity contribution < 1.29 is 19.1 Å². The molecule has 1 aromatic rings. The Morgan fingerprint density at radius 3 is 1.27 bits per heavy atom. The van der Waals surface area contributed by atoms with Gasteiger partial charge in [-0.15, -0.1) is 0 Å². The number of carbonyl (C=O) groups excluding carboxylic acids is 2. The van der Waals surface area contributed by atoms with Crippen molar-refractivity contribution in [2.45, 2.75) is 214 Å². The number of benzene rings is 1. The van der Waals surface area contributed by atoms with Crippen molar-refractivity contribution in [1.29, 1.82) is 0 Å². The highest BCUT2D eigenvalue weighted by atomic mass is 16.5. The van der Waals surface area contributed by atoms with Gasteiger partial charge in [0, 0.05) is 61.7 Å². The number of hydrogen-bond donors (Lipinski definition) is 0. The third kappa shape index (κ3) is 9.48. The van der Waals surface area contributed by atoms with Crippen LogP contribution >= 0.6 is 0 Å². The summed E-state index contributed by atoms with van der Waals surface area (Å²) in [6, 6.07) is 7.10. The SMILES string of the molecule is C=C(OC1CC(C)(C)N(C(C)=O)C(C)(C)C1)C(CCCC)(Cc1cc(C(C)(C)C)cc(C(C)(C)C)c1)C(=C)OC1CC(C)(C)N(C(C)=O)C(C)(C)C1. The lowest BCUT2D eigenvalue weighted by Gasteiger charge is -2.55. The molecule has 0 atom stereocenters. The van der Waals surface area contributed by atoms with Crippen molar-refractivity contribution in [3.05, 3.63) is 59.6 Å². The number of rotatable bonds is 11. The summed E-state index contributed by atoms with van der Waals surface area (Å²) < 4.78 is 14.3. The summed E-state index contributed by atoms with van der Waals surface area (Å²) in [6.07, 6.45) is 5.92. The molecule has 2 aliphatic rings. The maximum atomic E-state index is 12.9. The van der Waals surface area contributed by atoms with Crippen molar-refractivity contribution in [1.82, 2.24) is 9.80 Å². The van der Waals surface area contributed by atoms with E-state index in [2.05, 4.69) is 122 Å². The Balaban J connectivity index is 2.19. The van der Waals surface area contributed by atoms with Crippen LogP contribution in [0.15, 0.2) is 42.9 Å². The van der Waals surface area contributed by atoms with Crippen LogP contribution in [0.3, 0.4) is 0 Å². The van der Waals surface area contributed by atoms with Gasteiger partial charge in [-0.3, -0.25) is 9.59 Å². The molecule has 2 aliphatic heterocycles. The van der Waals surface area contributed by atoms with Crippen LogP contribution in [0.25, 0.3) is 0 Å². The molecule has 2 amide bonds. The van der Waals surface area contributed by atoms with Gasteiger partial charge in [-0.1, -0.05) is 92.7 Å². The molecule has 6 heteroatoms. The summed E-state index contributed by atoms with van der Waals surface area (Å²) >= 11 is 0. The third-order valence-corrected chi connectivity index (χ3v) is 11.8. The molecule has 2 fully saturated rings. The molecule has 3 rings (SSSR count). The molecule has 0 spiro atoms. The van der Waals surface area contributed by atoms with Crippen molar-refractivity contribution in [3.8, 4) is 0 Å². The van der Waals surface area contributed by atoms with E-state index < -0.39 is 5.41 Å². The minimum atomic E-state index is -0.709. The Morgan fingerprint density at radius 1 is 0.673 bits per heavy atom. The lowest BCUT2D eigenvalue weighted by molar-refractivity contribution is -0.155. The molecular formula is C46H76N2O4. The smallest absolute Gasteiger partial charge is 0.220 e. The Kier molecular flexibility index (Phi) is 12.4. The Morgan fingerprint density at radius 2 is 1.00 bits per heavy atom. The zero-order chi connectivity index (χ0) is 40.0. The summed E-state index contributed by atoms with van der Waals surface area (Å²) in [5.41, 5.74) is 1.51. The van der Waals surface area contributed by atoms with E-state index in [0.717, 1.165) is 19.3 Å². The predicted molar refractivity (Wildman–Crippen MR) is 217 cm³/mol. The van der Waals surface area contributed by atoms with E-state index in [1.807, 2.05) is 9.80 Å². The van der Waals surface area contributed by atoms with Gasteiger partial charge in [0.05, 0.1) is 5.41 Å². The summed E-state index contributed by atoms with van der Waals surface area (Å²) in [4.78, 5) is 29.8. The zero-order valence-corrected chi connectivity index (χ0v) is 36.5. The van der Waals surface area contributed by atoms with Gasteiger partial charge < -0.3 is 19.3 Å². The van der Waals surface area contributed by atoms with Gasteiger partial charge in [-0.05, 0) is 95.8 Å². The van der Waals surface area contributed by atoms with Crippen LogP contribution in [0, 0.1) is 5.41 Å². The Bertz CT molecular complexity index is 1360. The molecule has 52 heavy (non-hydrogen) atoms. The van der Waals surface area contributed by atoms with Crippen molar-refractivity contribution in [2.75, 3.05) is 0 Å². The average Bonchev–Trinajstić information content (AvgIpc) is 2.90. The maximum absolute atomic E-state index is 12.9. The standard InChI is InChI=1S/C46H76N2O4/c1-20-21-22-46(26-35-23-36(40(6,7)8)25-37(24-35)41(9,10)11,31(2)51-38-27-42(12,13)47(33(4)49)43(14,15)28-38)32(3)52-39-29-44(16,17)48(34(5)50)45(18,19)30-39/h23-25,38-39H,2-3,20-22,26-30H2,1,4-19H3. The van der Waals surface area contributed by atoms with E-state index >= 15 is 0 Å². The first-order chi connectivity index (χ1) is 23.4. The number of likely N-dealkylation sites (tertiary alicyclic amines) is 2. The van der Waals surface area contributed by atoms with E-state index in [-0.39, 0.29) is 57.0 Å². The fraction of sp³-hybridized carbons (Fsp3) is 0.739. The molecule has 1 aromatic carbocycles. The van der Waals surface area contributed by atoms with Crippen molar-refractivity contribution in [2.24, 2.45) is 5.41 Å². The van der Waals surface area contributed by atoms with Crippen molar-refractivity contribution >= 4 is 11.8 Å². The van der Waals surface area contributed by atoms with Gasteiger partial charge in [0.1, 0.15) is 23.7 Å². The number of carbonyl (C=O) groups is 2. The van der Waals surface area contributed by atoms with Crippen LogP contribution in [0.4, 0.5) is 0 Å². The second-order valence-corrected chi connectivity index (χ2v) is 20.9. The molecule has 0 aliphatic carbocycles. The number of piperidine rings is 2. The molecule has 2 saturated heterocycles. The molecule has 0 aromatic heterocycles. The van der Waals surface area contributed by atoms with E-state index in [0.29, 0.717) is 43.6 Å². The van der Waals surface area contributed by atoms with Crippen LogP contribution in [-0.4, -0.2) is 56.0 Å². The molecule has 6 nitrogen and oxygen atoms in total. The van der Waals surface area contributed by atoms with Gasteiger partial charge in [0.15, 0.2) is 0 Å². The average molecular weight is 721 g/mol. The highest BCUT2D eigenvalue weighted by molar-refractivity contribution is 5.75. The minimum absolute atomic E-state index is 0.0349. The van der Waals surface area contributed by atoms with Crippen LogP contribution in [0.5, 0.6) is 0 Å². The molecule has 0 saturated carbocycles.